The lowest BCUT2D eigenvalue weighted by Gasteiger charge is -1.97. The first-order valence-corrected chi connectivity index (χ1v) is 7.68. The maximum Gasteiger partial charge on any atom is 0.198 e. The molecule has 0 unspecified atom stereocenters. The summed E-state index contributed by atoms with van der Waals surface area (Å²) in [4.78, 5) is 38.5. The fourth-order valence-corrected chi connectivity index (χ4v) is 3.72. The normalized spacial score (nSPS) is 14.1. The van der Waals surface area contributed by atoms with Crippen molar-refractivity contribution in [1.82, 2.24) is 0 Å². The Morgan fingerprint density at radius 3 is 1.79 bits per heavy atom. The van der Waals surface area contributed by atoms with Gasteiger partial charge in [-0.05, 0) is 10.8 Å². The zero-order valence-electron chi connectivity index (χ0n) is 12.5. The largest absolute Gasteiger partial charge is 0.289 e. The molecule has 3 nitrogen and oxygen atoms in total. The Balaban J connectivity index is 2.06. The molecule has 4 aromatic carbocycles. The van der Waals surface area contributed by atoms with Crippen LogP contribution < -0.4 is 10.6 Å². The smallest absolute Gasteiger partial charge is 0.198 e. The third-order valence-corrected chi connectivity index (χ3v) is 4.77. The first-order chi connectivity index (χ1) is 11.7. The standard InChI is InChI=1S/C21H10O3/c22-19-12-7-1-2-8-13(12)20(23)18(19)17-14-9-3-5-11-6-4-10-15(16(11)14)21(17)24/h1-10H. The summed E-state index contributed by atoms with van der Waals surface area (Å²) >= 11 is 0. The summed E-state index contributed by atoms with van der Waals surface area (Å²) in [5, 5.41) is 3.24. The van der Waals surface area contributed by atoms with E-state index < -0.39 is 0 Å². The third-order valence-electron chi connectivity index (χ3n) is 4.77. The molecule has 0 fully saturated rings. The van der Waals surface area contributed by atoms with Crippen molar-refractivity contribution >= 4 is 38.7 Å². The summed E-state index contributed by atoms with van der Waals surface area (Å²) < 4.78 is 0. The van der Waals surface area contributed by atoms with E-state index in [0.29, 0.717) is 21.9 Å². The maximum atomic E-state index is 12.9. The maximum absolute atomic E-state index is 12.9. The molecule has 0 bridgehead atoms. The minimum absolute atomic E-state index is 0.00454. The highest BCUT2D eigenvalue weighted by molar-refractivity contribution is 6.56. The molecule has 1 aliphatic carbocycles. The van der Waals surface area contributed by atoms with Crippen molar-refractivity contribution in [1.29, 1.82) is 0 Å². The Hall–Kier alpha value is -3.33. The Kier molecular flexibility index (Phi) is 2.39. The van der Waals surface area contributed by atoms with E-state index in [1.807, 2.05) is 30.3 Å². The van der Waals surface area contributed by atoms with Gasteiger partial charge in [0.1, 0.15) is 0 Å². The Labute approximate surface area is 136 Å². The van der Waals surface area contributed by atoms with Gasteiger partial charge in [0, 0.05) is 27.1 Å². The quantitative estimate of drug-likeness (QED) is 0.502. The molecule has 0 amide bonds. The van der Waals surface area contributed by atoms with Crippen LogP contribution in [0.4, 0.5) is 0 Å². The van der Waals surface area contributed by atoms with Gasteiger partial charge in [-0.2, -0.15) is 0 Å². The van der Waals surface area contributed by atoms with Gasteiger partial charge >= 0.3 is 0 Å². The summed E-state index contributed by atoms with van der Waals surface area (Å²) in [6.07, 6.45) is 0. The molecule has 0 radical (unpaired) electrons. The number of hydrogen-bond donors (Lipinski definition) is 0. The molecule has 0 atom stereocenters. The number of hydrogen-bond acceptors (Lipinski definition) is 3. The van der Waals surface area contributed by atoms with E-state index >= 15 is 0 Å². The van der Waals surface area contributed by atoms with Gasteiger partial charge in [-0.15, -0.1) is 0 Å². The zero-order valence-corrected chi connectivity index (χ0v) is 12.5. The van der Waals surface area contributed by atoms with Crippen LogP contribution in [0.5, 0.6) is 0 Å². The van der Waals surface area contributed by atoms with Gasteiger partial charge in [0.15, 0.2) is 17.0 Å². The van der Waals surface area contributed by atoms with Gasteiger partial charge in [0.2, 0.25) is 0 Å². The van der Waals surface area contributed by atoms with Gasteiger partial charge in [-0.1, -0.05) is 60.7 Å². The fourth-order valence-electron chi connectivity index (χ4n) is 3.72. The van der Waals surface area contributed by atoms with E-state index in [0.717, 1.165) is 10.8 Å². The van der Waals surface area contributed by atoms with Crippen molar-refractivity contribution in [2.75, 3.05) is 0 Å². The Morgan fingerprint density at radius 1 is 0.583 bits per heavy atom. The topological polar surface area (TPSA) is 51.2 Å². The number of Topliss-reactive ketones (excluding diaryl/α,β-unsaturated/α-hetero) is 2. The van der Waals surface area contributed by atoms with Crippen LogP contribution in [0.3, 0.4) is 0 Å². The van der Waals surface area contributed by atoms with Crippen molar-refractivity contribution in [2.45, 2.75) is 0 Å². The molecule has 5 rings (SSSR count). The van der Waals surface area contributed by atoms with Crippen LogP contribution >= 0.6 is 0 Å². The van der Waals surface area contributed by atoms with Gasteiger partial charge in [0.05, 0.1) is 5.57 Å². The van der Waals surface area contributed by atoms with E-state index in [4.69, 9.17) is 0 Å². The molecule has 0 heterocycles. The average Bonchev–Trinajstić information content (AvgIpc) is 3.03. The summed E-state index contributed by atoms with van der Waals surface area (Å²) in [6.45, 7) is 0. The third kappa shape index (κ3) is 1.44. The molecule has 4 aromatic rings. The number of ketones is 2. The second kappa shape index (κ2) is 4.36. The van der Waals surface area contributed by atoms with Crippen molar-refractivity contribution < 1.29 is 9.59 Å². The van der Waals surface area contributed by atoms with E-state index in [9.17, 15) is 14.4 Å². The van der Waals surface area contributed by atoms with E-state index in [2.05, 4.69) is 0 Å². The van der Waals surface area contributed by atoms with Crippen LogP contribution in [0.1, 0.15) is 20.7 Å². The lowest BCUT2D eigenvalue weighted by Crippen LogP contribution is -2.26. The van der Waals surface area contributed by atoms with Crippen molar-refractivity contribution in [3.63, 3.8) is 0 Å². The Bertz CT molecular complexity index is 1260. The minimum atomic E-state index is -0.358. The summed E-state index contributed by atoms with van der Waals surface area (Å²) in [5.41, 5.74) is 0.512. The molecule has 0 aromatic heterocycles. The predicted octanol–water partition coefficient (Wildman–Crippen LogP) is 2.74. The first-order valence-electron chi connectivity index (χ1n) is 7.68. The van der Waals surface area contributed by atoms with Crippen LogP contribution in [-0.2, 0) is 0 Å². The SMILES string of the molecule is O=C1C(=c2c(=O)c3cccc4cccc2c43)C(=O)c2ccccc21. The van der Waals surface area contributed by atoms with E-state index in [1.165, 1.54) is 0 Å². The van der Waals surface area contributed by atoms with Crippen molar-refractivity contribution in [2.24, 2.45) is 0 Å². The van der Waals surface area contributed by atoms with Crippen LogP contribution in [-0.4, -0.2) is 11.6 Å². The average molecular weight is 310 g/mol. The highest BCUT2D eigenvalue weighted by Crippen LogP contribution is 2.28. The summed E-state index contributed by atoms with van der Waals surface area (Å²) in [7, 11) is 0. The number of fused-ring (bicyclic) bond motifs is 1. The van der Waals surface area contributed by atoms with Gasteiger partial charge in [0.25, 0.3) is 0 Å². The van der Waals surface area contributed by atoms with Crippen LogP contribution in [0.25, 0.3) is 27.1 Å². The Morgan fingerprint density at radius 2 is 1.17 bits per heavy atom. The van der Waals surface area contributed by atoms with Crippen LogP contribution in [0, 0.1) is 0 Å². The fraction of sp³-hybridized carbons (Fsp3) is 0. The molecule has 1 aliphatic rings. The molecule has 24 heavy (non-hydrogen) atoms. The molecule has 0 saturated heterocycles. The number of benzene rings is 3. The second-order valence-corrected chi connectivity index (χ2v) is 5.99. The van der Waals surface area contributed by atoms with Crippen molar-refractivity contribution in [3.05, 3.63) is 87.2 Å². The van der Waals surface area contributed by atoms with Crippen LogP contribution in [0.2, 0.25) is 0 Å². The summed E-state index contributed by atoms with van der Waals surface area (Å²) in [6, 6.07) is 17.8. The molecule has 0 spiro atoms. The molecule has 112 valence electrons. The van der Waals surface area contributed by atoms with E-state index in [-0.39, 0.29) is 27.8 Å². The predicted molar refractivity (Wildman–Crippen MR) is 92.6 cm³/mol. The number of rotatable bonds is 0. The highest BCUT2D eigenvalue weighted by atomic mass is 16.2. The second-order valence-electron chi connectivity index (χ2n) is 5.99. The van der Waals surface area contributed by atoms with Gasteiger partial charge < -0.3 is 0 Å². The van der Waals surface area contributed by atoms with Crippen LogP contribution in [0.15, 0.2) is 65.5 Å². The van der Waals surface area contributed by atoms with Gasteiger partial charge in [-0.25, -0.2) is 0 Å². The molecular formula is C21H10O3. The number of carbonyl (C=O) groups excluding carboxylic acids is 2. The van der Waals surface area contributed by atoms with Crippen molar-refractivity contribution in [3.8, 4) is 0 Å². The lowest BCUT2D eigenvalue weighted by molar-refractivity contribution is 0.102. The monoisotopic (exact) mass is 310 g/mol. The van der Waals surface area contributed by atoms with E-state index in [1.54, 1.807) is 30.3 Å². The molecule has 3 heteroatoms. The molecule has 0 N–H and O–H groups in total. The highest BCUT2D eigenvalue weighted by Gasteiger charge is 2.34. The minimum Gasteiger partial charge on any atom is -0.289 e. The first kappa shape index (κ1) is 13.1. The molecule has 0 aliphatic heterocycles. The molecule has 0 saturated carbocycles. The lowest BCUT2D eigenvalue weighted by atomic mass is 10.0. The summed E-state index contributed by atoms with van der Waals surface area (Å²) in [5.74, 6) is -0.715. The van der Waals surface area contributed by atoms with Gasteiger partial charge in [-0.3, -0.25) is 14.4 Å². The molecular weight excluding hydrogens is 300 g/mol. The number of carbonyl (C=O) groups is 2. The zero-order chi connectivity index (χ0) is 16.4.